The number of rotatable bonds is 3. The molecule has 4 heterocycles. The van der Waals surface area contributed by atoms with E-state index in [0.717, 1.165) is 28.0 Å². The lowest BCUT2D eigenvalue weighted by Gasteiger charge is -1.98. The average Bonchev–Trinajstić information content (AvgIpc) is 3.16. The van der Waals surface area contributed by atoms with Crippen LogP contribution in [0.1, 0.15) is 5.69 Å². The van der Waals surface area contributed by atoms with Crippen molar-refractivity contribution in [3.8, 4) is 11.3 Å². The van der Waals surface area contributed by atoms with Crippen LogP contribution in [-0.2, 0) is 6.54 Å². The van der Waals surface area contributed by atoms with Gasteiger partial charge in [0, 0.05) is 29.5 Å². The van der Waals surface area contributed by atoms with E-state index in [-0.39, 0.29) is 0 Å². The highest BCUT2D eigenvalue weighted by Crippen LogP contribution is 2.20. The van der Waals surface area contributed by atoms with Crippen molar-refractivity contribution < 1.29 is 0 Å². The fourth-order valence-corrected chi connectivity index (χ4v) is 2.25. The fourth-order valence-electron chi connectivity index (χ4n) is 2.25. The van der Waals surface area contributed by atoms with Crippen molar-refractivity contribution in [1.29, 1.82) is 0 Å². The Labute approximate surface area is 120 Å². The van der Waals surface area contributed by atoms with Crippen LogP contribution in [-0.4, -0.2) is 29.9 Å². The molecule has 4 rings (SSSR count). The first-order valence-corrected chi connectivity index (χ1v) is 6.62. The smallest absolute Gasteiger partial charge is 0.137 e. The molecule has 4 aromatic rings. The molecule has 6 heteroatoms. The Bertz CT molecular complexity index is 877. The first-order valence-electron chi connectivity index (χ1n) is 6.62. The Balaban J connectivity index is 1.64. The second-order valence-electron chi connectivity index (χ2n) is 4.76. The number of H-pyrrole nitrogens is 1. The summed E-state index contributed by atoms with van der Waals surface area (Å²) in [6, 6.07) is 9.87. The van der Waals surface area contributed by atoms with Crippen LogP contribution in [0.25, 0.3) is 22.3 Å². The molecule has 0 radical (unpaired) electrons. The van der Waals surface area contributed by atoms with Crippen LogP contribution in [0.15, 0.2) is 55.1 Å². The van der Waals surface area contributed by atoms with Crippen molar-refractivity contribution in [2.24, 2.45) is 0 Å². The van der Waals surface area contributed by atoms with E-state index in [2.05, 4.69) is 25.3 Å². The Kier molecular flexibility index (Phi) is 2.71. The van der Waals surface area contributed by atoms with Crippen molar-refractivity contribution in [1.82, 2.24) is 29.9 Å². The molecule has 0 aliphatic rings. The van der Waals surface area contributed by atoms with Gasteiger partial charge in [-0.05, 0) is 24.3 Å². The molecule has 6 nitrogen and oxygen atoms in total. The zero-order valence-electron chi connectivity index (χ0n) is 11.1. The van der Waals surface area contributed by atoms with Gasteiger partial charge in [-0.15, -0.1) is 5.10 Å². The quantitative estimate of drug-likeness (QED) is 0.623. The summed E-state index contributed by atoms with van der Waals surface area (Å²) in [5.41, 5.74) is 3.59. The van der Waals surface area contributed by atoms with Gasteiger partial charge in [-0.1, -0.05) is 11.3 Å². The molecular weight excluding hydrogens is 264 g/mol. The SMILES string of the molecule is c1ccc(Cn2cc(-c3cnc4[nH]ccc4c3)nn2)nc1. The van der Waals surface area contributed by atoms with Gasteiger partial charge in [0.15, 0.2) is 0 Å². The van der Waals surface area contributed by atoms with Gasteiger partial charge in [-0.2, -0.15) is 0 Å². The molecule has 0 saturated carbocycles. The third-order valence-corrected chi connectivity index (χ3v) is 3.28. The molecule has 0 bridgehead atoms. The highest BCUT2D eigenvalue weighted by atomic mass is 15.4. The molecule has 0 aromatic carbocycles. The van der Waals surface area contributed by atoms with E-state index in [1.807, 2.05) is 42.7 Å². The molecule has 0 amide bonds. The van der Waals surface area contributed by atoms with Crippen LogP contribution in [0.5, 0.6) is 0 Å². The summed E-state index contributed by atoms with van der Waals surface area (Å²) in [7, 11) is 0. The number of pyridine rings is 2. The highest BCUT2D eigenvalue weighted by Gasteiger charge is 2.06. The summed E-state index contributed by atoms with van der Waals surface area (Å²) >= 11 is 0. The Hall–Kier alpha value is -3.02. The molecule has 0 saturated heterocycles. The van der Waals surface area contributed by atoms with Crippen molar-refractivity contribution in [2.75, 3.05) is 0 Å². The lowest BCUT2D eigenvalue weighted by molar-refractivity contribution is 0.639. The van der Waals surface area contributed by atoms with Crippen LogP contribution in [0.4, 0.5) is 0 Å². The Morgan fingerprint density at radius 1 is 1.14 bits per heavy atom. The number of aromatic nitrogens is 6. The number of hydrogen-bond donors (Lipinski definition) is 1. The van der Waals surface area contributed by atoms with Gasteiger partial charge in [0.25, 0.3) is 0 Å². The molecule has 0 aliphatic heterocycles. The van der Waals surface area contributed by atoms with Gasteiger partial charge in [-0.25, -0.2) is 9.67 Å². The third kappa shape index (κ3) is 2.27. The lowest BCUT2D eigenvalue weighted by Crippen LogP contribution is -2.01. The molecule has 0 spiro atoms. The highest BCUT2D eigenvalue weighted by molar-refractivity contribution is 5.80. The van der Waals surface area contributed by atoms with Crippen molar-refractivity contribution in [2.45, 2.75) is 6.54 Å². The predicted molar refractivity (Wildman–Crippen MR) is 78.4 cm³/mol. The second kappa shape index (κ2) is 4.82. The number of nitrogens with zero attached hydrogens (tertiary/aromatic N) is 5. The van der Waals surface area contributed by atoms with E-state index in [4.69, 9.17) is 0 Å². The minimum atomic E-state index is 0.605. The maximum Gasteiger partial charge on any atom is 0.137 e. The van der Waals surface area contributed by atoms with E-state index in [9.17, 15) is 0 Å². The second-order valence-corrected chi connectivity index (χ2v) is 4.76. The van der Waals surface area contributed by atoms with Crippen molar-refractivity contribution in [3.63, 3.8) is 0 Å². The molecule has 1 N–H and O–H groups in total. The predicted octanol–water partition coefficient (Wildman–Crippen LogP) is 2.26. The normalized spacial score (nSPS) is 11.0. The van der Waals surface area contributed by atoms with E-state index < -0.39 is 0 Å². The Morgan fingerprint density at radius 2 is 2.14 bits per heavy atom. The van der Waals surface area contributed by atoms with Crippen molar-refractivity contribution in [3.05, 3.63) is 60.8 Å². The Morgan fingerprint density at radius 3 is 3.05 bits per heavy atom. The topological polar surface area (TPSA) is 72.3 Å². The third-order valence-electron chi connectivity index (χ3n) is 3.28. The van der Waals surface area contributed by atoms with Gasteiger partial charge in [0.1, 0.15) is 11.3 Å². The fraction of sp³-hybridized carbons (Fsp3) is 0.0667. The molecule has 21 heavy (non-hydrogen) atoms. The van der Waals surface area contributed by atoms with Crippen LogP contribution in [0.3, 0.4) is 0 Å². The van der Waals surface area contributed by atoms with E-state index >= 15 is 0 Å². The van der Waals surface area contributed by atoms with E-state index in [0.29, 0.717) is 6.54 Å². The molecule has 0 unspecified atom stereocenters. The summed E-state index contributed by atoms with van der Waals surface area (Å²) in [5.74, 6) is 0. The standard InChI is InChI=1S/C15H12N6/c1-2-5-16-13(3-1)9-21-10-14(19-20-21)12-7-11-4-6-17-15(11)18-8-12/h1-8,10H,9H2,(H,17,18). The number of aromatic amines is 1. The number of nitrogens with one attached hydrogen (secondary N) is 1. The summed E-state index contributed by atoms with van der Waals surface area (Å²) < 4.78 is 1.78. The van der Waals surface area contributed by atoms with Gasteiger partial charge in [0.2, 0.25) is 0 Å². The van der Waals surface area contributed by atoms with Gasteiger partial charge in [0.05, 0.1) is 18.4 Å². The molecule has 0 fully saturated rings. The first-order chi connectivity index (χ1) is 10.4. The van der Waals surface area contributed by atoms with Gasteiger partial charge in [-0.3, -0.25) is 4.98 Å². The van der Waals surface area contributed by atoms with Gasteiger partial charge < -0.3 is 4.98 Å². The monoisotopic (exact) mass is 276 g/mol. The molecule has 4 aromatic heterocycles. The summed E-state index contributed by atoms with van der Waals surface area (Å²) in [6.45, 7) is 0.605. The first kappa shape index (κ1) is 11.8. The van der Waals surface area contributed by atoms with E-state index in [1.54, 1.807) is 17.1 Å². The lowest BCUT2D eigenvalue weighted by atomic mass is 10.2. The molecule has 0 aliphatic carbocycles. The average molecular weight is 276 g/mol. The summed E-state index contributed by atoms with van der Waals surface area (Å²) in [6.07, 6.45) is 7.36. The minimum absolute atomic E-state index is 0.605. The van der Waals surface area contributed by atoms with Crippen molar-refractivity contribution >= 4 is 11.0 Å². The van der Waals surface area contributed by atoms with E-state index in [1.165, 1.54) is 0 Å². The number of fused-ring (bicyclic) bond motifs is 1. The summed E-state index contributed by atoms with van der Waals surface area (Å²) in [4.78, 5) is 11.7. The maximum atomic E-state index is 4.37. The maximum absolute atomic E-state index is 4.37. The van der Waals surface area contributed by atoms with Crippen LogP contribution < -0.4 is 0 Å². The molecule has 102 valence electrons. The van der Waals surface area contributed by atoms with Crippen LogP contribution in [0, 0.1) is 0 Å². The van der Waals surface area contributed by atoms with Crippen LogP contribution >= 0.6 is 0 Å². The van der Waals surface area contributed by atoms with Gasteiger partial charge >= 0.3 is 0 Å². The number of hydrogen-bond acceptors (Lipinski definition) is 4. The largest absolute Gasteiger partial charge is 0.346 e. The summed E-state index contributed by atoms with van der Waals surface area (Å²) in [5, 5.41) is 9.42. The zero-order valence-corrected chi connectivity index (χ0v) is 11.1. The molecule has 0 atom stereocenters. The van der Waals surface area contributed by atoms with Crippen LogP contribution in [0.2, 0.25) is 0 Å². The minimum Gasteiger partial charge on any atom is -0.346 e. The zero-order chi connectivity index (χ0) is 14.1. The molecular formula is C15H12N6.